The topological polar surface area (TPSA) is 34.1 Å². The molecule has 61 heavy (non-hydrogen) atoms. The number of carbonyl (C=O) groups excluding carboxylic acids is 1. The molecule has 6 aromatic rings. The fourth-order valence-electron chi connectivity index (χ4n) is 7.04. The molecule has 0 radical (unpaired) electrons. The maximum Gasteiger partial charge on any atom is 0.416 e. The third kappa shape index (κ3) is 11.6. The Morgan fingerprint density at radius 1 is 0.426 bits per heavy atom. The van der Waals surface area contributed by atoms with Crippen LogP contribution in [0.3, 0.4) is 0 Å². The van der Waals surface area contributed by atoms with E-state index in [2.05, 4.69) is 12.1 Å². The zero-order valence-corrected chi connectivity index (χ0v) is 33.0. The maximum absolute atomic E-state index is 13.3. The highest BCUT2D eigenvalue weighted by Crippen LogP contribution is 2.32. The Labute approximate surface area is 344 Å². The van der Waals surface area contributed by atoms with Gasteiger partial charge in [0, 0.05) is 5.56 Å². The van der Waals surface area contributed by atoms with Crippen LogP contribution in [-0.2, 0) is 45.3 Å². The number of ketones is 1. The smallest absolute Gasteiger partial charge is 0.289 e. The first-order valence-electron chi connectivity index (χ1n) is 18.2. The van der Waals surface area contributed by atoms with Crippen LogP contribution in [0.2, 0.25) is 0 Å². The highest BCUT2D eigenvalue weighted by Gasteiger charge is 2.38. The Balaban J connectivity index is 0.000000294. The lowest BCUT2D eigenvalue weighted by Gasteiger charge is -2.44. The summed E-state index contributed by atoms with van der Waals surface area (Å²) < 4.78 is 172. The van der Waals surface area contributed by atoms with Crippen molar-refractivity contribution in [2.75, 3.05) is 18.3 Å². The monoisotopic (exact) mass is 878 g/mol. The molecule has 0 unspecified atom stereocenters. The number of hydrogen-bond acceptors (Lipinski definition) is 2. The van der Waals surface area contributed by atoms with Crippen LogP contribution in [0.1, 0.15) is 43.7 Å². The molecule has 0 aliphatic carbocycles. The molecule has 0 aliphatic heterocycles. The van der Waals surface area contributed by atoms with Gasteiger partial charge < -0.3 is 0 Å². The molecule has 0 N–H and O–H groups in total. The standard InChI is InChI=1S/C28H16BF12.C17H19O2S/c30-25(31,32)17-1-9-21(10-2-17)29(22-11-3-18(4-12-22)26(33,34)35,23-13-5-19(6-14-23)27(36,37)38)24-15-7-20(8-16-24)28(39,40)41;1-20(2,19)13-17(18)16-10-8-15(9-11-16)12-14-6-4-3-5-7-14/h1-16H;3-11H,12-13H2,1-2H3/q-1;+1. The fraction of sp³-hybridized carbons (Fsp3) is 0.178. The van der Waals surface area contributed by atoms with Gasteiger partial charge in [-0.15, -0.1) is 4.21 Å². The summed E-state index contributed by atoms with van der Waals surface area (Å²) in [6, 6.07) is 31.3. The zero-order valence-electron chi connectivity index (χ0n) is 32.2. The molecular weight excluding hydrogens is 843 g/mol. The van der Waals surface area contributed by atoms with Gasteiger partial charge in [0.25, 0.3) is 0 Å². The SMILES string of the molecule is C[S+](C)(=O)CC(=O)c1ccc(Cc2ccccc2)cc1.FC(F)(F)c1ccc([B-](c2ccc(C(F)(F)F)cc2)(c2ccc(C(F)(F)F)cc2)c2ccc(C(F)(F)F)cc2)cc1. The van der Waals surface area contributed by atoms with Gasteiger partial charge in [-0.05, 0) is 17.5 Å². The third-order valence-electron chi connectivity index (χ3n) is 9.96. The first-order chi connectivity index (χ1) is 28.3. The molecule has 0 saturated heterocycles. The highest BCUT2D eigenvalue weighted by molar-refractivity contribution is 8.02. The van der Waals surface area contributed by atoms with E-state index in [9.17, 15) is 61.7 Å². The van der Waals surface area contributed by atoms with E-state index in [1.54, 1.807) is 12.5 Å². The van der Waals surface area contributed by atoms with Gasteiger partial charge in [-0.25, -0.2) is 0 Å². The molecule has 0 bridgehead atoms. The summed E-state index contributed by atoms with van der Waals surface area (Å²) in [5, 5.41) is 0. The molecule has 0 aliphatic rings. The molecule has 6 rings (SSSR count). The van der Waals surface area contributed by atoms with Crippen molar-refractivity contribution in [3.8, 4) is 0 Å². The molecular formula is C45H35BF12O2S. The van der Waals surface area contributed by atoms with Crippen molar-refractivity contribution >= 4 is 43.7 Å². The van der Waals surface area contributed by atoms with E-state index in [-0.39, 0.29) is 33.4 Å². The lowest BCUT2D eigenvalue weighted by molar-refractivity contribution is -0.138. The van der Waals surface area contributed by atoms with Crippen molar-refractivity contribution < 1.29 is 61.7 Å². The van der Waals surface area contributed by atoms with E-state index in [0.29, 0.717) is 54.1 Å². The Hall–Kier alpha value is -5.64. The first-order valence-corrected chi connectivity index (χ1v) is 20.8. The minimum absolute atomic E-state index is 0.0114. The van der Waals surface area contributed by atoms with Crippen molar-refractivity contribution in [3.05, 3.63) is 191 Å². The lowest BCUT2D eigenvalue weighted by Crippen LogP contribution is -2.74. The minimum atomic E-state index is -4.77. The number of rotatable bonds is 9. The second kappa shape index (κ2) is 17.8. The molecule has 0 heterocycles. The molecule has 0 aromatic heterocycles. The predicted molar refractivity (Wildman–Crippen MR) is 215 cm³/mol. The number of benzene rings is 6. The molecule has 6 aromatic carbocycles. The number of Topliss-reactive ketones (excluding diaryl/α,β-unsaturated/α-hetero) is 1. The van der Waals surface area contributed by atoms with Crippen LogP contribution < -0.4 is 21.9 Å². The number of hydrogen-bond donors (Lipinski definition) is 0. The van der Waals surface area contributed by atoms with E-state index >= 15 is 0 Å². The van der Waals surface area contributed by atoms with Gasteiger partial charge in [-0.2, -0.15) is 74.5 Å². The van der Waals surface area contributed by atoms with Crippen LogP contribution in [-0.4, -0.2) is 30.2 Å². The van der Waals surface area contributed by atoms with E-state index < -0.39 is 63.0 Å². The van der Waals surface area contributed by atoms with Crippen LogP contribution in [0.25, 0.3) is 0 Å². The second-order valence-corrected chi connectivity index (χ2v) is 17.9. The normalized spacial score (nSPS) is 12.7. The van der Waals surface area contributed by atoms with E-state index in [1.807, 2.05) is 42.5 Å². The summed E-state index contributed by atoms with van der Waals surface area (Å²) >= 11 is 0. The highest BCUT2D eigenvalue weighted by atomic mass is 32.2. The summed E-state index contributed by atoms with van der Waals surface area (Å²) in [7, 11) is -2.03. The molecule has 16 heteroatoms. The minimum Gasteiger partial charge on any atom is -0.289 e. The van der Waals surface area contributed by atoms with Crippen LogP contribution in [0, 0.1) is 0 Å². The van der Waals surface area contributed by atoms with Gasteiger partial charge >= 0.3 is 24.7 Å². The van der Waals surface area contributed by atoms with Crippen molar-refractivity contribution in [1.29, 1.82) is 0 Å². The Morgan fingerprint density at radius 2 is 0.705 bits per heavy atom. The zero-order chi connectivity index (χ0) is 45.0. The molecule has 0 amide bonds. The van der Waals surface area contributed by atoms with Gasteiger partial charge in [0.1, 0.15) is 18.7 Å². The van der Waals surface area contributed by atoms with Gasteiger partial charge in [-0.3, -0.25) is 4.79 Å². The largest absolute Gasteiger partial charge is 0.416 e. The molecule has 0 saturated carbocycles. The molecule has 0 atom stereocenters. The second-order valence-electron chi connectivity index (χ2n) is 14.7. The van der Waals surface area contributed by atoms with E-state index in [1.165, 1.54) is 11.1 Å². The van der Waals surface area contributed by atoms with Crippen LogP contribution in [0.15, 0.2) is 152 Å². The van der Waals surface area contributed by atoms with Crippen LogP contribution in [0.5, 0.6) is 0 Å². The summed E-state index contributed by atoms with van der Waals surface area (Å²) in [5.74, 6) is 0.0663. The quantitative estimate of drug-likeness (QED) is 0.0628. The summed E-state index contributed by atoms with van der Waals surface area (Å²) in [5.41, 5.74) is -1.24. The third-order valence-corrected chi connectivity index (χ3v) is 10.9. The Kier molecular flexibility index (Phi) is 13.5. The van der Waals surface area contributed by atoms with E-state index in [4.69, 9.17) is 0 Å². The fourth-order valence-corrected chi connectivity index (χ4v) is 7.83. The van der Waals surface area contributed by atoms with Crippen LogP contribution >= 0.6 is 0 Å². The molecule has 2 nitrogen and oxygen atoms in total. The van der Waals surface area contributed by atoms with Crippen LogP contribution in [0.4, 0.5) is 52.7 Å². The number of halogens is 12. The van der Waals surface area contributed by atoms with Crippen molar-refractivity contribution in [2.24, 2.45) is 0 Å². The van der Waals surface area contributed by atoms with Crippen molar-refractivity contribution in [1.82, 2.24) is 0 Å². The lowest BCUT2D eigenvalue weighted by atomic mass is 9.13. The van der Waals surface area contributed by atoms with Gasteiger partial charge in [-0.1, -0.05) is 152 Å². The molecule has 0 spiro atoms. The predicted octanol–water partition coefficient (Wildman–Crippen LogP) is 10.4. The number of alkyl halides is 12. The average molecular weight is 879 g/mol. The molecule has 320 valence electrons. The van der Waals surface area contributed by atoms with Gasteiger partial charge in [0.05, 0.1) is 32.2 Å². The average Bonchev–Trinajstić information content (AvgIpc) is 3.18. The van der Waals surface area contributed by atoms with E-state index in [0.717, 1.165) is 55.0 Å². The summed E-state index contributed by atoms with van der Waals surface area (Å²) in [6.45, 7) is 0. The van der Waals surface area contributed by atoms with Gasteiger partial charge in [0.15, 0.2) is 5.75 Å². The Morgan fingerprint density at radius 3 is 0.967 bits per heavy atom. The first kappa shape index (κ1) is 46.4. The van der Waals surface area contributed by atoms with Crippen molar-refractivity contribution in [2.45, 2.75) is 31.1 Å². The van der Waals surface area contributed by atoms with Gasteiger partial charge in [0.2, 0.25) is 5.78 Å². The van der Waals surface area contributed by atoms with Crippen molar-refractivity contribution in [3.63, 3.8) is 0 Å². The molecule has 0 fully saturated rings. The Bertz CT molecular complexity index is 2200. The maximum atomic E-state index is 13.3. The summed E-state index contributed by atoms with van der Waals surface area (Å²) in [4.78, 5) is 12.0. The number of carbonyl (C=O) groups is 1. The summed E-state index contributed by atoms with van der Waals surface area (Å²) in [6.07, 6.45) is -17.9.